The molecule has 0 spiro atoms. The minimum absolute atomic E-state index is 0.453. The molecule has 0 amide bonds. The summed E-state index contributed by atoms with van der Waals surface area (Å²) in [7, 11) is 0. The van der Waals surface area contributed by atoms with Gasteiger partial charge in [-0.25, -0.2) is 4.98 Å². The molecule has 18 heavy (non-hydrogen) atoms. The first-order chi connectivity index (χ1) is 8.61. The second-order valence-electron chi connectivity index (χ2n) is 6.56. The van der Waals surface area contributed by atoms with Gasteiger partial charge in [-0.3, -0.25) is 0 Å². The van der Waals surface area contributed by atoms with Crippen LogP contribution in [-0.4, -0.2) is 9.55 Å². The highest BCUT2D eigenvalue weighted by atomic mass is 15.1. The van der Waals surface area contributed by atoms with E-state index in [1.807, 2.05) is 12.5 Å². The molecule has 1 aromatic heterocycles. The first kappa shape index (κ1) is 12.0. The summed E-state index contributed by atoms with van der Waals surface area (Å²) in [6.07, 6.45) is 13.6. The number of nitrogens with zero attached hydrogens (tertiary/aromatic N) is 2. The van der Waals surface area contributed by atoms with Gasteiger partial charge in [0.25, 0.3) is 0 Å². The van der Waals surface area contributed by atoms with E-state index in [2.05, 4.69) is 42.6 Å². The number of imidazole rings is 1. The van der Waals surface area contributed by atoms with Crippen molar-refractivity contribution in [2.75, 3.05) is 0 Å². The van der Waals surface area contributed by atoms with E-state index < -0.39 is 0 Å². The molecule has 0 saturated heterocycles. The number of hydrogen-bond donors (Lipinski definition) is 0. The zero-order valence-electron chi connectivity index (χ0n) is 11.8. The molecule has 1 aromatic rings. The molecule has 2 aliphatic carbocycles. The van der Waals surface area contributed by atoms with Gasteiger partial charge in [0.15, 0.2) is 0 Å². The fourth-order valence-electron chi connectivity index (χ4n) is 3.95. The third-order valence-corrected chi connectivity index (χ3v) is 5.73. The molecule has 3 rings (SSSR count). The normalized spacial score (nSPS) is 40.2. The van der Waals surface area contributed by atoms with Gasteiger partial charge in [0.2, 0.25) is 0 Å². The summed E-state index contributed by atoms with van der Waals surface area (Å²) in [4.78, 5) is 4.19. The maximum Gasteiger partial charge on any atom is 0.0948 e. The van der Waals surface area contributed by atoms with E-state index >= 15 is 0 Å². The molecule has 2 aliphatic rings. The van der Waals surface area contributed by atoms with Crippen LogP contribution in [0.25, 0.3) is 0 Å². The monoisotopic (exact) mass is 244 g/mol. The molecule has 1 saturated carbocycles. The third-order valence-electron chi connectivity index (χ3n) is 5.73. The van der Waals surface area contributed by atoms with Crippen LogP contribution in [-0.2, 0) is 0 Å². The van der Waals surface area contributed by atoms with Crippen LogP contribution in [0.5, 0.6) is 0 Å². The molecule has 4 atom stereocenters. The standard InChI is InChI=1S/C16H24N2/c1-12-4-5-14-10-15(18-9-8-17-11-18)6-7-16(14,3)13(12)2/h5,8-9,11-13,15H,4,6-7,10H2,1-3H3/t12?,13?,15-,16+/m0/s1. The Morgan fingerprint density at radius 2 is 2.22 bits per heavy atom. The second kappa shape index (κ2) is 4.25. The predicted octanol–water partition coefficient (Wildman–Crippen LogP) is 4.22. The van der Waals surface area contributed by atoms with E-state index in [1.54, 1.807) is 5.57 Å². The molecular weight excluding hydrogens is 220 g/mol. The topological polar surface area (TPSA) is 17.8 Å². The van der Waals surface area contributed by atoms with E-state index in [9.17, 15) is 0 Å². The molecule has 1 fully saturated rings. The molecule has 0 radical (unpaired) electrons. The minimum atomic E-state index is 0.453. The molecular formula is C16H24N2. The number of hydrogen-bond acceptors (Lipinski definition) is 1. The van der Waals surface area contributed by atoms with Gasteiger partial charge in [-0.1, -0.05) is 32.4 Å². The van der Waals surface area contributed by atoms with Crippen LogP contribution < -0.4 is 0 Å². The number of allylic oxidation sites excluding steroid dienone is 2. The van der Waals surface area contributed by atoms with Crippen molar-refractivity contribution in [2.24, 2.45) is 17.3 Å². The smallest absolute Gasteiger partial charge is 0.0948 e. The SMILES string of the molecule is CC1CC=C2C[C@@H](n3ccnc3)CC[C@]2(C)C1C. The van der Waals surface area contributed by atoms with Crippen LogP contribution in [0, 0.1) is 17.3 Å². The van der Waals surface area contributed by atoms with E-state index in [-0.39, 0.29) is 0 Å². The Kier molecular flexibility index (Phi) is 2.84. The van der Waals surface area contributed by atoms with Crippen molar-refractivity contribution in [2.45, 2.75) is 52.5 Å². The van der Waals surface area contributed by atoms with Gasteiger partial charge < -0.3 is 4.57 Å². The number of rotatable bonds is 1. The summed E-state index contributed by atoms with van der Waals surface area (Å²) >= 11 is 0. The fraction of sp³-hybridized carbons (Fsp3) is 0.688. The average molecular weight is 244 g/mol. The van der Waals surface area contributed by atoms with E-state index in [1.165, 1.54) is 25.7 Å². The zero-order chi connectivity index (χ0) is 12.8. The molecule has 0 N–H and O–H groups in total. The number of aromatic nitrogens is 2. The Hall–Kier alpha value is -1.05. The molecule has 0 bridgehead atoms. The summed E-state index contributed by atoms with van der Waals surface area (Å²) in [5.74, 6) is 1.66. The van der Waals surface area contributed by atoms with Gasteiger partial charge in [-0.15, -0.1) is 0 Å². The molecule has 2 heteroatoms. The highest BCUT2D eigenvalue weighted by molar-refractivity contribution is 5.22. The van der Waals surface area contributed by atoms with Crippen molar-refractivity contribution in [1.82, 2.24) is 9.55 Å². The van der Waals surface area contributed by atoms with Gasteiger partial charge in [-0.05, 0) is 42.9 Å². The van der Waals surface area contributed by atoms with Crippen LogP contribution in [0.15, 0.2) is 30.4 Å². The molecule has 2 nitrogen and oxygen atoms in total. The van der Waals surface area contributed by atoms with Gasteiger partial charge in [-0.2, -0.15) is 0 Å². The lowest BCUT2D eigenvalue weighted by Gasteiger charge is -2.49. The Morgan fingerprint density at radius 3 is 2.94 bits per heavy atom. The van der Waals surface area contributed by atoms with Crippen molar-refractivity contribution in [3.8, 4) is 0 Å². The van der Waals surface area contributed by atoms with Gasteiger partial charge in [0.1, 0.15) is 0 Å². The minimum Gasteiger partial charge on any atom is -0.334 e. The predicted molar refractivity (Wildman–Crippen MR) is 74.3 cm³/mol. The largest absolute Gasteiger partial charge is 0.334 e. The Bertz CT molecular complexity index is 446. The fourth-order valence-corrected chi connectivity index (χ4v) is 3.95. The third kappa shape index (κ3) is 1.73. The summed E-state index contributed by atoms with van der Waals surface area (Å²) in [6.45, 7) is 7.35. The summed E-state index contributed by atoms with van der Waals surface area (Å²) in [6, 6.07) is 0.632. The van der Waals surface area contributed by atoms with E-state index in [0.29, 0.717) is 11.5 Å². The van der Waals surface area contributed by atoms with Crippen molar-refractivity contribution >= 4 is 0 Å². The Morgan fingerprint density at radius 1 is 1.39 bits per heavy atom. The molecule has 0 aromatic carbocycles. The van der Waals surface area contributed by atoms with Gasteiger partial charge in [0, 0.05) is 18.4 Å². The van der Waals surface area contributed by atoms with Crippen molar-refractivity contribution < 1.29 is 0 Å². The van der Waals surface area contributed by atoms with Crippen LogP contribution in [0.3, 0.4) is 0 Å². The molecule has 98 valence electrons. The summed E-state index contributed by atoms with van der Waals surface area (Å²) in [5.41, 5.74) is 2.16. The maximum absolute atomic E-state index is 4.19. The van der Waals surface area contributed by atoms with E-state index in [0.717, 1.165) is 11.8 Å². The number of fused-ring (bicyclic) bond motifs is 1. The lowest BCUT2D eigenvalue weighted by atomic mass is 9.57. The van der Waals surface area contributed by atoms with Crippen LogP contribution in [0.2, 0.25) is 0 Å². The average Bonchev–Trinajstić information content (AvgIpc) is 2.89. The molecule has 0 aliphatic heterocycles. The zero-order valence-corrected chi connectivity index (χ0v) is 11.8. The van der Waals surface area contributed by atoms with Crippen LogP contribution >= 0.6 is 0 Å². The lowest BCUT2D eigenvalue weighted by molar-refractivity contribution is 0.116. The van der Waals surface area contributed by atoms with Crippen molar-refractivity contribution in [3.05, 3.63) is 30.4 Å². The second-order valence-corrected chi connectivity index (χ2v) is 6.56. The summed E-state index contributed by atoms with van der Waals surface area (Å²) < 4.78 is 2.29. The first-order valence-corrected chi connectivity index (χ1v) is 7.28. The first-order valence-electron chi connectivity index (χ1n) is 7.28. The lowest BCUT2D eigenvalue weighted by Crippen LogP contribution is -2.39. The highest BCUT2D eigenvalue weighted by Crippen LogP contribution is 2.54. The highest BCUT2D eigenvalue weighted by Gasteiger charge is 2.43. The van der Waals surface area contributed by atoms with Gasteiger partial charge in [0.05, 0.1) is 6.33 Å². The maximum atomic E-state index is 4.19. The van der Waals surface area contributed by atoms with Gasteiger partial charge >= 0.3 is 0 Å². The van der Waals surface area contributed by atoms with Crippen molar-refractivity contribution in [3.63, 3.8) is 0 Å². The molecule has 1 heterocycles. The Labute approximate surface area is 110 Å². The Balaban J connectivity index is 1.85. The quantitative estimate of drug-likeness (QED) is 0.676. The van der Waals surface area contributed by atoms with Crippen LogP contribution in [0.4, 0.5) is 0 Å². The van der Waals surface area contributed by atoms with Crippen molar-refractivity contribution in [1.29, 1.82) is 0 Å². The molecule has 2 unspecified atom stereocenters. The van der Waals surface area contributed by atoms with Crippen LogP contribution in [0.1, 0.15) is 52.5 Å². The summed E-state index contributed by atoms with van der Waals surface area (Å²) in [5, 5.41) is 0. The van der Waals surface area contributed by atoms with E-state index in [4.69, 9.17) is 0 Å².